The Bertz CT molecular complexity index is 1330. The van der Waals surface area contributed by atoms with Crippen LogP contribution in [0.1, 0.15) is 42.5 Å². The lowest BCUT2D eigenvalue weighted by Gasteiger charge is -2.21. The van der Waals surface area contributed by atoms with Crippen LogP contribution in [-0.4, -0.2) is 47.0 Å². The van der Waals surface area contributed by atoms with Crippen LogP contribution in [0.25, 0.3) is 22.0 Å². The molecule has 0 unspecified atom stereocenters. The smallest absolute Gasteiger partial charge is 0.295 e. The van der Waals surface area contributed by atoms with Crippen molar-refractivity contribution in [2.75, 3.05) is 12.4 Å². The minimum absolute atomic E-state index is 0.0287. The van der Waals surface area contributed by atoms with Crippen molar-refractivity contribution in [3.63, 3.8) is 0 Å². The van der Waals surface area contributed by atoms with E-state index in [2.05, 4.69) is 31.8 Å². The molecule has 3 N–H and O–H groups in total. The molecule has 1 heterocycles. The molecular formula is C27H27N5O3. The van der Waals surface area contributed by atoms with Crippen LogP contribution >= 0.6 is 0 Å². The zero-order chi connectivity index (χ0) is 24.4. The van der Waals surface area contributed by atoms with Crippen molar-refractivity contribution in [1.29, 1.82) is 0 Å². The van der Waals surface area contributed by atoms with E-state index in [-0.39, 0.29) is 24.0 Å². The normalized spacial score (nSPS) is 19.1. The van der Waals surface area contributed by atoms with Crippen LogP contribution in [0.2, 0.25) is 0 Å². The molecule has 2 aliphatic rings. The quantitative estimate of drug-likeness (QED) is 0.459. The van der Waals surface area contributed by atoms with Crippen molar-refractivity contribution in [3.05, 3.63) is 48.2 Å². The van der Waals surface area contributed by atoms with Gasteiger partial charge >= 0.3 is 0 Å². The molecule has 2 saturated carbocycles. The highest BCUT2D eigenvalue weighted by molar-refractivity contribution is 5.97. The molecule has 5 rings (SSSR count). The molecular weight excluding hydrogens is 442 g/mol. The molecule has 2 aliphatic carbocycles. The monoisotopic (exact) mass is 469 g/mol. The summed E-state index contributed by atoms with van der Waals surface area (Å²) >= 11 is 0. The topological polar surface area (TPSA) is 105 Å². The minimum atomic E-state index is -0.402. The molecule has 0 aliphatic heterocycles. The van der Waals surface area contributed by atoms with Gasteiger partial charge in [-0.2, -0.15) is 0 Å². The highest BCUT2D eigenvalue weighted by Gasteiger charge is 2.29. The summed E-state index contributed by atoms with van der Waals surface area (Å²) in [7, 11) is 1.59. The van der Waals surface area contributed by atoms with Gasteiger partial charge in [-0.3, -0.25) is 9.59 Å². The summed E-state index contributed by atoms with van der Waals surface area (Å²) in [5, 5.41) is 10.1. The van der Waals surface area contributed by atoms with Crippen LogP contribution in [0.5, 0.6) is 5.75 Å². The maximum Gasteiger partial charge on any atom is 0.295 e. The molecule has 2 atom stereocenters. The minimum Gasteiger partial charge on any atom is -0.497 e. The predicted molar refractivity (Wildman–Crippen MR) is 134 cm³/mol. The number of benzene rings is 2. The first-order valence-corrected chi connectivity index (χ1v) is 11.8. The van der Waals surface area contributed by atoms with E-state index in [9.17, 15) is 9.59 Å². The number of rotatable bonds is 7. The summed E-state index contributed by atoms with van der Waals surface area (Å²) in [5.41, 5.74) is 3.19. The SMILES string of the molecule is C#CC(=O)N[C@H]1CCC[C@H]1Nc1ncc2cc(-c3cc(OC)cc(C(=O)NC4CC4)c3)ccc2n1. The zero-order valence-electron chi connectivity index (χ0n) is 19.5. The first-order valence-electron chi connectivity index (χ1n) is 11.8. The van der Waals surface area contributed by atoms with Gasteiger partial charge in [0.1, 0.15) is 5.75 Å². The van der Waals surface area contributed by atoms with Crippen molar-refractivity contribution < 1.29 is 14.3 Å². The number of hydrogen-bond donors (Lipinski definition) is 3. The van der Waals surface area contributed by atoms with Gasteiger partial charge in [-0.05, 0) is 79.5 Å². The van der Waals surface area contributed by atoms with Crippen molar-refractivity contribution in [2.45, 2.75) is 50.2 Å². The Balaban J connectivity index is 1.37. The Morgan fingerprint density at radius 1 is 1.03 bits per heavy atom. The van der Waals surface area contributed by atoms with Crippen LogP contribution in [-0.2, 0) is 4.79 Å². The number of carbonyl (C=O) groups excluding carboxylic acids is 2. The third-order valence-corrected chi connectivity index (χ3v) is 6.51. The van der Waals surface area contributed by atoms with Crippen LogP contribution in [0, 0.1) is 12.3 Å². The fraction of sp³-hybridized carbons (Fsp3) is 0.333. The number of terminal acetylenes is 1. The molecule has 8 heteroatoms. The van der Waals surface area contributed by atoms with Crippen molar-refractivity contribution in [3.8, 4) is 29.2 Å². The number of fused-ring (bicyclic) bond motifs is 1. The van der Waals surface area contributed by atoms with E-state index < -0.39 is 5.91 Å². The number of amides is 2. The Morgan fingerprint density at radius 2 is 1.86 bits per heavy atom. The molecule has 8 nitrogen and oxygen atoms in total. The Labute approximate surface area is 203 Å². The number of nitrogens with one attached hydrogen (secondary N) is 3. The molecule has 0 saturated heterocycles. The van der Waals surface area contributed by atoms with E-state index in [1.807, 2.05) is 30.3 Å². The Kier molecular flexibility index (Phi) is 6.23. The van der Waals surface area contributed by atoms with Crippen LogP contribution in [0.15, 0.2) is 42.6 Å². The number of ether oxygens (including phenoxy) is 1. The zero-order valence-corrected chi connectivity index (χ0v) is 19.5. The van der Waals surface area contributed by atoms with Crippen molar-refractivity contribution in [2.24, 2.45) is 0 Å². The number of nitrogens with zero attached hydrogens (tertiary/aromatic N) is 2. The Morgan fingerprint density at radius 3 is 2.63 bits per heavy atom. The third-order valence-electron chi connectivity index (χ3n) is 6.51. The molecule has 0 radical (unpaired) electrons. The molecule has 0 spiro atoms. The van der Waals surface area contributed by atoms with Crippen molar-refractivity contribution in [1.82, 2.24) is 20.6 Å². The van der Waals surface area contributed by atoms with E-state index in [1.54, 1.807) is 19.4 Å². The van der Waals surface area contributed by atoms with Gasteiger partial charge in [0.15, 0.2) is 0 Å². The van der Waals surface area contributed by atoms with Crippen LogP contribution in [0.3, 0.4) is 0 Å². The summed E-state index contributed by atoms with van der Waals surface area (Å²) in [6, 6.07) is 11.7. The summed E-state index contributed by atoms with van der Waals surface area (Å²) in [4.78, 5) is 33.4. The largest absolute Gasteiger partial charge is 0.497 e. The average molecular weight is 470 g/mol. The van der Waals surface area contributed by atoms with E-state index in [0.29, 0.717) is 17.3 Å². The van der Waals surface area contributed by atoms with Crippen LogP contribution < -0.4 is 20.7 Å². The lowest BCUT2D eigenvalue weighted by molar-refractivity contribution is -0.116. The van der Waals surface area contributed by atoms with Gasteiger partial charge in [0, 0.05) is 35.3 Å². The third kappa shape index (κ3) is 5.19. The van der Waals surface area contributed by atoms with Crippen LogP contribution in [0.4, 0.5) is 5.95 Å². The van der Waals surface area contributed by atoms with Gasteiger partial charge in [-0.1, -0.05) is 6.07 Å². The van der Waals surface area contributed by atoms with Gasteiger partial charge in [0.05, 0.1) is 12.6 Å². The number of methoxy groups -OCH3 is 1. The molecule has 1 aromatic heterocycles. The number of aromatic nitrogens is 2. The van der Waals surface area contributed by atoms with Crippen molar-refractivity contribution >= 4 is 28.7 Å². The summed E-state index contributed by atoms with van der Waals surface area (Å²) in [5.74, 6) is 2.76. The molecule has 2 aromatic carbocycles. The molecule has 2 fully saturated rings. The summed E-state index contributed by atoms with van der Waals surface area (Å²) in [6.07, 6.45) is 11.8. The second kappa shape index (κ2) is 9.63. The van der Waals surface area contributed by atoms with Gasteiger partial charge in [0.25, 0.3) is 11.8 Å². The van der Waals surface area contributed by atoms with E-state index in [4.69, 9.17) is 11.2 Å². The van der Waals surface area contributed by atoms with Gasteiger partial charge < -0.3 is 20.7 Å². The fourth-order valence-electron chi connectivity index (χ4n) is 4.48. The average Bonchev–Trinajstić information content (AvgIpc) is 3.60. The molecule has 3 aromatic rings. The number of hydrogen-bond acceptors (Lipinski definition) is 6. The lowest BCUT2D eigenvalue weighted by Crippen LogP contribution is -2.43. The first kappa shape index (κ1) is 22.7. The lowest BCUT2D eigenvalue weighted by atomic mass is 10.0. The second-order valence-electron chi connectivity index (χ2n) is 9.07. The standard InChI is InChI=1S/C27H27N5O3/c1-3-25(33)30-23-5-4-6-24(23)32-27-28-15-19-11-16(7-10-22(19)31-27)17-12-18(14-21(13-17)35-2)26(34)29-20-8-9-20/h1,7,10-15,20,23-24H,4-6,8-9H2,2H3,(H,29,34)(H,30,33)(H,28,31,32)/t23-,24+/m0/s1. The molecule has 35 heavy (non-hydrogen) atoms. The van der Waals surface area contributed by atoms with E-state index in [0.717, 1.165) is 54.1 Å². The number of carbonyl (C=O) groups is 2. The van der Waals surface area contributed by atoms with Gasteiger partial charge in [-0.15, -0.1) is 6.42 Å². The number of anilines is 1. The highest BCUT2D eigenvalue weighted by Crippen LogP contribution is 2.30. The first-order chi connectivity index (χ1) is 17.0. The van der Waals surface area contributed by atoms with Gasteiger partial charge in [-0.25, -0.2) is 9.97 Å². The van der Waals surface area contributed by atoms with E-state index in [1.165, 1.54) is 0 Å². The fourth-order valence-corrected chi connectivity index (χ4v) is 4.48. The second-order valence-corrected chi connectivity index (χ2v) is 9.07. The molecule has 178 valence electrons. The Hall–Kier alpha value is -4.12. The molecule has 2 amide bonds. The maximum absolute atomic E-state index is 12.6. The molecule has 0 bridgehead atoms. The summed E-state index contributed by atoms with van der Waals surface area (Å²) < 4.78 is 5.44. The highest BCUT2D eigenvalue weighted by atomic mass is 16.5. The summed E-state index contributed by atoms with van der Waals surface area (Å²) in [6.45, 7) is 0. The van der Waals surface area contributed by atoms with E-state index >= 15 is 0 Å². The predicted octanol–water partition coefficient (Wildman–Crippen LogP) is 3.28. The maximum atomic E-state index is 12.6. The van der Waals surface area contributed by atoms with Gasteiger partial charge in [0.2, 0.25) is 5.95 Å².